The molecule has 1 aromatic heterocycles. The van der Waals surface area contributed by atoms with Crippen LogP contribution in [0, 0.1) is 11.7 Å². The monoisotopic (exact) mass is 359 g/mol. The fourth-order valence-electron chi connectivity index (χ4n) is 3.32. The van der Waals surface area contributed by atoms with Crippen molar-refractivity contribution >= 4 is 11.9 Å². The van der Waals surface area contributed by atoms with Crippen LogP contribution < -0.4 is 0 Å². The quantitative estimate of drug-likeness (QED) is 0.787. The largest absolute Gasteiger partial charge is 0.469 e. The molecule has 0 N–H and O–H groups in total. The molecule has 26 heavy (non-hydrogen) atoms. The van der Waals surface area contributed by atoms with Crippen LogP contribution in [0.2, 0.25) is 0 Å². The molecule has 138 valence electrons. The molecule has 1 amide bonds. The second-order valence-corrected chi connectivity index (χ2v) is 6.80. The van der Waals surface area contributed by atoms with E-state index in [-0.39, 0.29) is 36.2 Å². The molecule has 1 saturated heterocycles. The van der Waals surface area contributed by atoms with Crippen LogP contribution in [-0.4, -0.2) is 46.8 Å². The van der Waals surface area contributed by atoms with Gasteiger partial charge < -0.3 is 9.64 Å². The zero-order valence-electron chi connectivity index (χ0n) is 15.1. The van der Waals surface area contributed by atoms with Crippen molar-refractivity contribution in [2.75, 3.05) is 20.2 Å². The number of halogens is 1. The average Bonchev–Trinajstić information content (AvgIpc) is 3.29. The highest BCUT2D eigenvalue weighted by Crippen LogP contribution is 2.34. The first kappa shape index (κ1) is 18.1. The predicted octanol–water partition coefficient (Wildman–Crippen LogP) is 2.63. The summed E-state index contributed by atoms with van der Waals surface area (Å²) in [6.45, 7) is 4.60. The Balaban J connectivity index is 1.84. The van der Waals surface area contributed by atoms with Gasteiger partial charge in [-0.2, -0.15) is 5.10 Å². The van der Waals surface area contributed by atoms with Crippen LogP contribution in [0.4, 0.5) is 4.39 Å². The number of rotatable bonds is 4. The van der Waals surface area contributed by atoms with Crippen molar-refractivity contribution in [2.24, 2.45) is 5.92 Å². The third-order valence-corrected chi connectivity index (χ3v) is 4.79. The number of carbonyl (C=O) groups excluding carboxylic acids is 2. The molecule has 1 aliphatic heterocycles. The molecule has 0 spiro atoms. The second-order valence-electron chi connectivity index (χ2n) is 6.80. The molecule has 6 nitrogen and oxygen atoms in total. The molecule has 2 atom stereocenters. The van der Waals surface area contributed by atoms with Crippen LogP contribution >= 0.6 is 0 Å². The minimum atomic E-state index is -0.477. The maximum absolute atomic E-state index is 13.2. The first-order valence-corrected chi connectivity index (χ1v) is 8.57. The van der Waals surface area contributed by atoms with Gasteiger partial charge in [-0.3, -0.25) is 14.3 Å². The average molecular weight is 359 g/mol. The fraction of sp³-hybridized carbons (Fsp3) is 0.421. The lowest BCUT2D eigenvalue weighted by Gasteiger charge is -2.16. The lowest BCUT2D eigenvalue weighted by Crippen LogP contribution is -2.30. The third-order valence-electron chi connectivity index (χ3n) is 4.79. The number of hydrogen-bond acceptors (Lipinski definition) is 4. The van der Waals surface area contributed by atoms with Gasteiger partial charge in [0, 0.05) is 31.2 Å². The Morgan fingerprint density at radius 1 is 1.23 bits per heavy atom. The summed E-state index contributed by atoms with van der Waals surface area (Å²) >= 11 is 0. The molecule has 7 heteroatoms. The molecule has 2 aromatic rings. The van der Waals surface area contributed by atoms with E-state index in [0.717, 1.165) is 5.56 Å². The molecule has 1 aromatic carbocycles. The number of amides is 1. The summed E-state index contributed by atoms with van der Waals surface area (Å²) in [4.78, 5) is 26.7. The molecule has 2 heterocycles. The standard InChI is InChI=1S/C19H22FN3O3/c1-12(2)23-9-14(8-21-23)18(24)22-10-16(17(11-22)19(25)26-3)13-4-6-15(20)7-5-13/h4-9,12,16-17H,10-11H2,1-3H3/t16-,17+/m1/s1. The maximum atomic E-state index is 13.2. The number of esters is 1. The van der Waals surface area contributed by atoms with Gasteiger partial charge in [0.05, 0.1) is 24.8 Å². The van der Waals surface area contributed by atoms with Gasteiger partial charge in [0.2, 0.25) is 0 Å². The Labute approximate surface area is 151 Å². The molecule has 0 bridgehead atoms. The zero-order chi connectivity index (χ0) is 18.8. The van der Waals surface area contributed by atoms with Gasteiger partial charge in [-0.1, -0.05) is 12.1 Å². The summed E-state index contributed by atoms with van der Waals surface area (Å²) in [5, 5.41) is 4.20. The zero-order valence-corrected chi connectivity index (χ0v) is 15.1. The van der Waals surface area contributed by atoms with E-state index in [2.05, 4.69) is 5.10 Å². The number of ether oxygens (including phenoxy) is 1. The van der Waals surface area contributed by atoms with Crippen molar-refractivity contribution in [2.45, 2.75) is 25.8 Å². The summed E-state index contributed by atoms with van der Waals surface area (Å²) < 4.78 is 19.9. The topological polar surface area (TPSA) is 64.4 Å². The number of carbonyl (C=O) groups is 2. The smallest absolute Gasteiger partial charge is 0.311 e. The fourth-order valence-corrected chi connectivity index (χ4v) is 3.32. The van der Waals surface area contributed by atoms with Crippen LogP contribution in [0.3, 0.4) is 0 Å². The van der Waals surface area contributed by atoms with Gasteiger partial charge in [-0.15, -0.1) is 0 Å². The minimum absolute atomic E-state index is 0.157. The lowest BCUT2D eigenvalue weighted by atomic mass is 9.89. The molecule has 0 radical (unpaired) electrons. The second kappa shape index (κ2) is 7.27. The van der Waals surface area contributed by atoms with E-state index in [0.29, 0.717) is 12.1 Å². The van der Waals surface area contributed by atoms with Gasteiger partial charge in [0.25, 0.3) is 5.91 Å². The number of nitrogens with zero attached hydrogens (tertiary/aromatic N) is 3. The van der Waals surface area contributed by atoms with Gasteiger partial charge >= 0.3 is 5.97 Å². The summed E-state index contributed by atoms with van der Waals surface area (Å²) in [5.74, 6) is -1.58. The Kier molecular flexibility index (Phi) is 5.06. The molecule has 0 unspecified atom stereocenters. The van der Waals surface area contributed by atoms with E-state index in [1.54, 1.807) is 34.1 Å². The highest BCUT2D eigenvalue weighted by atomic mass is 19.1. The van der Waals surface area contributed by atoms with E-state index in [1.165, 1.54) is 19.2 Å². The van der Waals surface area contributed by atoms with Gasteiger partial charge in [0.15, 0.2) is 0 Å². The molecular weight excluding hydrogens is 337 g/mol. The molecule has 1 aliphatic rings. The number of hydrogen-bond donors (Lipinski definition) is 0. The van der Waals surface area contributed by atoms with Crippen LogP contribution in [0.5, 0.6) is 0 Å². The molecule has 3 rings (SSSR count). The van der Waals surface area contributed by atoms with Gasteiger partial charge in [-0.25, -0.2) is 4.39 Å². The summed E-state index contributed by atoms with van der Waals surface area (Å²) in [6, 6.07) is 6.19. The number of methoxy groups -OCH3 is 1. The number of aromatic nitrogens is 2. The third kappa shape index (κ3) is 3.47. The van der Waals surface area contributed by atoms with E-state index in [1.807, 2.05) is 13.8 Å². The number of likely N-dealkylation sites (tertiary alicyclic amines) is 1. The van der Waals surface area contributed by atoms with Gasteiger partial charge in [0.1, 0.15) is 5.82 Å². The minimum Gasteiger partial charge on any atom is -0.469 e. The first-order chi connectivity index (χ1) is 12.4. The molecule has 0 saturated carbocycles. The van der Waals surface area contributed by atoms with Crippen LogP contribution in [0.1, 0.15) is 41.7 Å². The SMILES string of the molecule is COC(=O)[C@H]1CN(C(=O)c2cnn(C(C)C)c2)C[C@@H]1c1ccc(F)cc1. The van der Waals surface area contributed by atoms with Gasteiger partial charge in [-0.05, 0) is 31.5 Å². The van der Waals surface area contributed by atoms with E-state index >= 15 is 0 Å². The molecule has 0 aliphatic carbocycles. The van der Waals surface area contributed by atoms with Crippen molar-refractivity contribution in [3.05, 3.63) is 53.6 Å². The highest BCUT2D eigenvalue weighted by molar-refractivity contribution is 5.94. The van der Waals surface area contributed by atoms with Crippen molar-refractivity contribution in [1.29, 1.82) is 0 Å². The van der Waals surface area contributed by atoms with Crippen molar-refractivity contribution < 1.29 is 18.7 Å². The summed E-state index contributed by atoms with van der Waals surface area (Å²) in [5.41, 5.74) is 1.30. The Morgan fingerprint density at radius 3 is 2.50 bits per heavy atom. The lowest BCUT2D eigenvalue weighted by molar-refractivity contribution is -0.145. The van der Waals surface area contributed by atoms with Crippen molar-refractivity contribution in [1.82, 2.24) is 14.7 Å². The van der Waals surface area contributed by atoms with Crippen molar-refractivity contribution in [3.8, 4) is 0 Å². The van der Waals surface area contributed by atoms with Crippen LogP contribution in [0.25, 0.3) is 0 Å². The Morgan fingerprint density at radius 2 is 1.92 bits per heavy atom. The van der Waals surface area contributed by atoms with Crippen molar-refractivity contribution in [3.63, 3.8) is 0 Å². The molecular formula is C19H22FN3O3. The first-order valence-electron chi connectivity index (χ1n) is 8.57. The normalized spacial score (nSPS) is 19.8. The highest BCUT2D eigenvalue weighted by Gasteiger charge is 2.41. The van der Waals surface area contributed by atoms with E-state index in [4.69, 9.17) is 4.74 Å². The maximum Gasteiger partial charge on any atom is 0.311 e. The Hall–Kier alpha value is -2.70. The summed E-state index contributed by atoms with van der Waals surface area (Å²) in [7, 11) is 1.33. The number of benzene rings is 1. The van der Waals surface area contributed by atoms with Crippen LogP contribution in [-0.2, 0) is 9.53 Å². The Bertz CT molecular complexity index is 801. The van der Waals surface area contributed by atoms with E-state index < -0.39 is 5.92 Å². The predicted molar refractivity (Wildman–Crippen MR) is 93.2 cm³/mol. The summed E-state index contributed by atoms with van der Waals surface area (Å²) in [6.07, 6.45) is 3.26. The van der Waals surface area contributed by atoms with Crippen LogP contribution in [0.15, 0.2) is 36.7 Å². The molecule has 1 fully saturated rings. The van der Waals surface area contributed by atoms with E-state index in [9.17, 15) is 14.0 Å².